The Labute approximate surface area is 147 Å². The van der Waals surface area contributed by atoms with Gasteiger partial charge in [0.25, 0.3) is 0 Å². The molecule has 2 aromatic rings. The Kier molecular flexibility index (Phi) is 5.11. The number of pyridine rings is 1. The molecule has 7 nitrogen and oxygen atoms in total. The van der Waals surface area contributed by atoms with Crippen molar-refractivity contribution in [1.29, 1.82) is 0 Å². The molecule has 0 bridgehead atoms. The number of carbonyl (C=O) groups excluding carboxylic acids is 2. The Hall–Kier alpha value is -2.70. The molecule has 0 spiro atoms. The van der Waals surface area contributed by atoms with Crippen molar-refractivity contribution in [3.05, 3.63) is 48.0 Å². The second kappa shape index (κ2) is 7.46. The maximum atomic E-state index is 12.6. The van der Waals surface area contributed by atoms with E-state index in [1.165, 1.54) is 0 Å². The summed E-state index contributed by atoms with van der Waals surface area (Å²) in [5, 5.41) is 7.19. The van der Waals surface area contributed by atoms with Crippen molar-refractivity contribution in [3.63, 3.8) is 0 Å². The average Bonchev–Trinajstić information content (AvgIpc) is 3.16. The number of rotatable bonds is 6. The van der Waals surface area contributed by atoms with Crippen LogP contribution in [0.3, 0.4) is 0 Å². The fourth-order valence-corrected chi connectivity index (χ4v) is 3.28. The first kappa shape index (κ1) is 17.1. The van der Waals surface area contributed by atoms with E-state index in [0.29, 0.717) is 6.54 Å². The van der Waals surface area contributed by atoms with E-state index in [1.54, 1.807) is 24.3 Å². The number of nitrogens with one attached hydrogen (secondary N) is 1. The lowest BCUT2D eigenvalue weighted by molar-refractivity contribution is -0.128. The Morgan fingerprint density at radius 3 is 2.92 bits per heavy atom. The molecule has 7 heteroatoms. The van der Waals surface area contributed by atoms with E-state index in [9.17, 15) is 9.59 Å². The zero-order valence-electron chi connectivity index (χ0n) is 14.6. The van der Waals surface area contributed by atoms with Gasteiger partial charge in [-0.25, -0.2) is 0 Å². The van der Waals surface area contributed by atoms with Gasteiger partial charge in [0.15, 0.2) is 0 Å². The minimum atomic E-state index is -0.381. The van der Waals surface area contributed by atoms with Gasteiger partial charge in [-0.05, 0) is 30.5 Å². The quantitative estimate of drug-likeness (QED) is 0.804. The lowest BCUT2D eigenvalue weighted by Crippen LogP contribution is -2.35. The standard InChI is InChI=1S/C18H23N5O2/c1-13-10-21-23(12-13)8-4-7-20-18(25)15-9-16(24)22(2)17(15)14-5-3-6-19-11-14/h3,5-6,10-12,15,17H,4,7-9H2,1-2H3,(H,20,25). The second-order valence-electron chi connectivity index (χ2n) is 6.47. The summed E-state index contributed by atoms with van der Waals surface area (Å²) in [7, 11) is 1.74. The number of nitrogens with zero attached hydrogens (tertiary/aromatic N) is 4. The molecule has 0 saturated carbocycles. The Balaban J connectivity index is 1.57. The Morgan fingerprint density at radius 1 is 1.40 bits per heavy atom. The molecule has 0 aliphatic carbocycles. The SMILES string of the molecule is Cc1cnn(CCCNC(=O)C2CC(=O)N(C)C2c2cccnc2)c1. The smallest absolute Gasteiger partial charge is 0.226 e. The summed E-state index contributed by atoms with van der Waals surface area (Å²) in [6.07, 6.45) is 8.23. The number of likely N-dealkylation sites (tertiary alicyclic amines) is 1. The second-order valence-corrected chi connectivity index (χ2v) is 6.47. The molecule has 2 unspecified atom stereocenters. The summed E-state index contributed by atoms with van der Waals surface area (Å²) in [6, 6.07) is 3.48. The van der Waals surface area contributed by atoms with Crippen molar-refractivity contribution >= 4 is 11.8 Å². The van der Waals surface area contributed by atoms with Crippen LogP contribution in [0, 0.1) is 12.8 Å². The minimum Gasteiger partial charge on any atom is -0.356 e. The fourth-order valence-electron chi connectivity index (χ4n) is 3.28. The van der Waals surface area contributed by atoms with Gasteiger partial charge in [0, 0.05) is 45.1 Å². The highest BCUT2D eigenvalue weighted by atomic mass is 16.2. The van der Waals surface area contributed by atoms with Crippen molar-refractivity contribution < 1.29 is 9.59 Å². The molecule has 2 aromatic heterocycles. The first-order chi connectivity index (χ1) is 12.1. The van der Waals surface area contributed by atoms with Crippen LogP contribution < -0.4 is 5.32 Å². The van der Waals surface area contributed by atoms with Crippen molar-refractivity contribution in [1.82, 2.24) is 25.0 Å². The molecule has 0 aromatic carbocycles. The van der Waals surface area contributed by atoms with E-state index in [2.05, 4.69) is 15.4 Å². The number of carbonyl (C=O) groups is 2. The number of hydrogen-bond donors (Lipinski definition) is 1. The monoisotopic (exact) mass is 341 g/mol. The third kappa shape index (κ3) is 3.87. The van der Waals surface area contributed by atoms with E-state index in [4.69, 9.17) is 0 Å². The van der Waals surface area contributed by atoms with Crippen molar-refractivity contribution in [3.8, 4) is 0 Å². The van der Waals surface area contributed by atoms with Gasteiger partial charge in [-0.15, -0.1) is 0 Å². The molecule has 0 radical (unpaired) electrons. The van der Waals surface area contributed by atoms with Crippen LogP contribution in [0.15, 0.2) is 36.9 Å². The highest BCUT2D eigenvalue weighted by molar-refractivity contribution is 5.90. The average molecular weight is 341 g/mol. The van der Waals surface area contributed by atoms with Gasteiger partial charge in [0.1, 0.15) is 0 Å². The predicted molar refractivity (Wildman–Crippen MR) is 92.4 cm³/mol. The molecule has 1 N–H and O–H groups in total. The van der Waals surface area contributed by atoms with Gasteiger partial charge in [-0.1, -0.05) is 6.07 Å². The summed E-state index contributed by atoms with van der Waals surface area (Å²) in [5.74, 6) is -0.474. The Morgan fingerprint density at radius 2 is 2.24 bits per heavy atom. The van der Waals surface area contributed by atoms with Crippen molar-refractivity contribution in [2.24, 2.45) is 5.92 Å². The normalized spacial score (nSPS) is 20.1. The number of amides is 2. The highest BCUT2D eigenvalue weighted by Crippen LogP contribution is 2.36. The zero-order chi connectivity index (χ0) is 17.8. The maximum absolute atomic E-state index is 12.6. The summed E-state index contributed by atoms with van der Waals surface area (Å²) >= 11 is 0. The van der Waals surface area contributed by atoms with Crippen LogP contribution in [-0.2, 0) is 16.1 Å². The van der Waals surface area contributed by atoms with E-state index in [1.807, 2.05) is 36.1 Å². The Bertz CT molecular complexity index is 743. The zero-order valence-corrected chi connectivity index (χ0v) is 14.6. The molecule has 1 aliphatic rings. The number of aryl methyl sites for hydroxylation is 2. The number of hydrogen-bond acceptors (Lipinski definition) is 4. The van der Waals surface area contributed by atoms with Gasteiger partial charge < -0.3 is 10.2 Å². The summed E-state index contributed by atoms with van der Waals surface area (Å²) in [6.45, 7) is 3.31. The van der Waals surface area contributed by atoms with Crippen LogP contribution >= 0.6 is 0 Å². The maximum Gasteiger partial charge on any atom is 0.226 e. The first-order valence-electron chi connectivity index (χ1n) is 8.48. The molecule has 3 heterocycles. The minimum absolute atomic E-state index is 0.0129. The summed E-state index contributed by atoms with van der Waals surface area (Å²) in [5.41, 5.74) is 2.01. The third-order valence-corrected chi connectivity index (χ3v) is 4.57. The third-order valence-electron chi connectivity index (χ3n) is 4.57. The van der Waals surface area contributed by atoms with Crippen LogP contribution in [0.4, 0.5) is 0 Å². The molecule has 3 rings (SSSR count). The molecule has 1 aliphatic heterocycles. The molecule has 2 atom stereocenters. The van der Waals surface area contributed by atoms with Crippen LogP contribution in [-0.4, -0.2) is 45.1 Å². The van der Waals surface area contributed by atoms with Crippen LogP contribution in [0.2, 0.25) is 0 Å². The molecular formula is C18H23N5O2. The van der Waals surface area contributed by atoms with E-state index in [0.717, 1.165) is 24.1 Å². The van der Waals surface area contributed by atoms with Crippen molar-refractivity contribution in [2.75, 3.05) is 13.6 Å². The molecule has 25 heavy (non-hydrogen) atoms. The van der Waals surface area contributed by atoms with E-state index in [-0.39, 0.29) is 30.2 Å². The lowest BCUT2D eigenvalue weighted by Gasteiger charge is -2.24. The van der Waals surface area contributed by atoms with E-state index >= 15 is 0 Å². The summed E-state index contributed by atoms with van der Waals surface area (Å²) < 4.78 is 1.87. The highest BCUT2D eigenvalue weighted by Gasteiger charge is 2.42. The molecule has 1 fully saturated rings. The van der Waals surface area contributed by atoms with Gasteiger partial charge in [0.2, 0.25) is 11.8 Å². The molecular weight excluding hydrogens is 318 g/mol. The van der Waals surface area contributed by atoms with Crippen LogP contribution in [0.25, 0.3) is 0 Å². The molecule has 132 valence electrons. The predicted octanol–water partition coefficient (Wildman–Crippen LogP) is 1.31. The largest absolute Gasteiger partial charge is 0.356 e. The van der Waals surface area contributed by atoms with Crippen LogP contribution in [0.1, 0.15) is 30.0 Å². The topological polar surface area (TPSA) is 80.1 Å². The number of aromatic nitrogens is 3. The van der Waals surface area contributed by atoms with Crippen LogP contribution in [0.5, 0.6) is 0 Å². The fraction of sp³-hybridized carbons (Fsp3) is 0.444. The molecule has 1 saturated heterocycles. The van der Waals surface area contributed by atoms with Gasteiger partial charge in [0.05, 0.1) is 18.2 Å². The van der Waals surface area contributed by atoms with Gasteiger partial charge >= 0.3 is 0 Å². The van der Waals surface area contributed by atoms with Gasteiger partial charge in [-0.3, -0.25) is 19.3 Å². The van der Waals surface area contributed by atoms with Gasteiger partial charge in [-0.2, -0.15) is 5.10 Å². The van der Waals surface area contributed by atoms with Crippen molar-refractivity contribution in [2.45, 2.75) is 32.4 Å². The van der Waals surface area contributed by atoms with E-state index < -0.39 is 0 Å². The lowest BCUT2D eigenvalue weighted by atomic mass is 9.94. The summed E-state index contributed by atoms with van der Waals surface area (Å²) in [4.78, 5) is 30.5. The molecule has 2 amide bonds. The first-order valence-corrected chi connectivity index (χ1v) is 8.48.